The minimum atomic E-state index is -0.245. The lowest BCUT2D eigenvalue weighted by Crippen LogP contribution is -2.40. The number of aromatic nitrogens is 2. The number of hydrogen-bond donors (Lipinski definition) is 1. The number of benzene rings is 2. The van der Waals surface area contributed by atoms with E-state index < -0.39 is 0 Å². The number of hydrogen-bond acceptors (Lipinski definition) is 4. The van der Waals surface area contributed by atoms with Crippen LogP contribution in [0.15, 0.2) is 61.1 Å². The van der Waals surface area contributed by atoms with Crippen molar-refractivity contribution in [2.75, 3.05) is 11.4 Å². The summed E-state index contributed by atoms with van der Waals surface area (Å²) in [5, 5.41) is 12.9. The molecule has 2 aromatic carbocycles. The van der Waals surface area contributed by atoms with Crippen LogP contribution in [0.25, 0.3) is 0 Å². The van der Waals surface area contributed by atoms with Crippen molar-refractivity contribution in [3.8, 4) is 6.07 Å². The monoisotopic (exact) mass is 405 g/mol. The van der Waals surface area contributed by atoms with Crippen molar-refractivity contribution < 1.29 is 4.79 Å². The van der Waals surface area contributed by atoms with Crippen molar-refractivity contribution >= 4 is 23.2 Å². The minimum Gasteiger partial charge on any atom is -0.354 e. The summed E-state index contributed by atoms with van der Waals surface area (Å²) in [7, 11) is 0. The van der Waals surface area contributed by atoms with Crippen LogP contribution >= 0.6 is 11.6 Å². The predicted octanol–water partition coefficient (Wildman–Crippen LogP) is 3.35. The van der Waals surface area contributed by atoms with Gasteiger partial charge in [-0.15, -0.1) is 0 Å². The van der Waals surface area contributed by atoms with Crippen LogP contribution in [0.2, 0.25) is 5.02 Å². The summed E-state index contributed by atoms with van der Waals surface area (Å²) >= 11 is 6.05. The summed E-state index contributed by atoms with van der Waals surface area (Å²) in [4.78, 5) is 18.8. The second-order valence-electron chi connectivity index (χ2n) is 6.98. The van der Waals surface area contributed by atoms with Crippen LogP contribution in [0.1, 0.15) is 23.2 Å². The van der Waals surface area contributed by atoms with Crippen LogP contribution in [0.4, 0.5) is 5.69 Å². The van der Waals surface area contributed by atoms with Gasteiger partial charge >= 0.3 is 0 Å². The van der Waals surface area contributed by atoms with E-state index in [9.17, 15) is 10.1 Å². The third-order valence-electron chi connectivity index (χ3n) is 5.16. The first-order valence-corrected chi connectivity index (χ1v) is 9.80. The molecule has 1 unspecified atom stereocenters. The fourth-order valence-electron chi connectivity index (χ4n) is 3.64. The Kier molecular flexibility index (Phi) is 5.50. The molecule has 1 fully saturated rings. The average molecular weight is 406 g/mol. The molecule has 0 aliphatic carbocycles. The molecule has 6 nitrogen and oxygen atoms in total. The van der Waals surface area contributed by atoms with Crippen LogP contribution in [0.3, 0.4) is 0 Å². The zero-order valence-electron chi connectivity index (χ0n) is 15.8. The van der Waals surface area contributed by atoms with Gasteiger partial charge in [0.2, 0.25) is 5.91 Å². The summed E-state index contributed by atoms with van der Waals surface area (Å²) < 4.78 is 2.02. The zero-order valence-corrected chi connectivity index (χ0v) is 16.5. The Labute approximate surface area is 174 Å². The Morgan fingerprint density at radius 1 is 1.24 bits per heavy atom. The number of nitrogens with zero attached hydrogens (tertiary/aromatic N) is 4. The number of amides is 1. The Balaban J connectivity index is 1.63. The first-order chi connectivity index (χ1) is 14.2. The lowest BCUT2D eigenvalue weighted by Gasteiger charge is -2.29. The number of carbonyl (C=O) groups is 1. The van der Waals surface area contributed by atoms with Crippen molar-refractivity contribution in [1.82, 2.24) is 14.9 Å². The summed E-state index contributed by atoms with van der Waals surface area (Å²) in [5.74, 6) is 0.0286. The van der Waals surface area contributed by atoms with Gasteiger partial charge in [-0.25, -0.2) is 4.98 Å². The Hall–Kier alpha value is -3.30. The third-order valence-corrected chi connectivity index (χ3v) is 5.42. The van der Waals surface area contributed by atoms with Gasteiger partial charge in [-0.05, 0) is 42.3 Å². The highest BCUT2D eigenvalue weighted by atomic mass is 35.5. The highest BCUT2D eigenvalue weighted by Crippen LogP contribution is 2.25. The predicted molar refractivity (Wildman–Crippen MR) is 112 cm³/mol. The standard InChI is InChI=1S/C22H20ClN5O/c23-18-5-7-19(8-6-18)28(21-9-10-26-22(21)29)14-20-12-25-15-27(20)13-17-4-2-1-3-16(17)11-24/h1-8,12,15,21H,9-10,13-14H2,(H,26,29). The van der Waals surface area contributed by atoms with E-state index in [1.807, 2.05) is 59.3 Å². The largest absolute Gasteiger partial charge is 0.354 e. The molecule has 1 N–H and O–H groups in total. The van der Waals surface area contributed by atoms with Gasteiger partial charge in [-0.3, -0.25) is 4.79 Å². The van der Waals surface area contributed by atoms with Gasteiger partial charge in [0.15, 0.2) is 0 Å². The molecule has 1 aromatic heterocycles. The molecule has 3 aromatic rings. The van der Waals surface area contributed by atoms with E-state index in [1.54, 1.807) is 6.33 Å². The normalized spacial score (nSPS) is 15.7. The van der Waals surface area contributed by atoms with Crippen molar-refractivity contribution in [1.29, 1.82) is 5.26 Å². The molecule has 4 rings (SSSR count). The quantitative estimate of drug-likeness (QED) is 0.682. The maximum absolute atomic E-state index is 12.4. The molecule has 1 amide bonds. The van der Waals surface area contributed by atoms with Gasteiger partial charge in [0.05, 0.1) is 36.7 Å². The lowest BCUT2D eigenvalue weighted by molar-refractivity contribution is -0.120. The van der Waals surface area contributed by atoms with Crippen LogP contribution in [-0.4, -0.2) is 28.0 Å². The first kappa shape index (κ1) is 19.0. The average Bonchev–Trinajstić information content (AvgIpc) is 3.36. The summed E-state index contributed by atoms with van der Waals surface area (Å²) in [6, 6.07) is 17.1. The van der Waals surface area contributed by atoms with E-state index in [2.05, 4.69) is 21.3 Å². The number of nitriles is 1. The van der Waals surface area contributed by atoms with Crippen LogP contribution in [0, 0.1) is 11.3 Å². The number of nitrogens with one attached hydrogen (secondary N) is 1. The van der Waals surface area contributed by atoms with Crippen molar-refractivity contribution in [3.63, 3.8) is 0 Å². The van der Waals surface area contributed by atoms with Gasteiger partial charge < -0.3 is 14.8 Å². The molecule has 146 valence electrons. The highest BCUT2D eigenvalue weighted by molar-refractivity contribution is 6.30. The molecular formula is C22H20ClN5O. The highest BCUT2D eigenvalue weighted by Gasteiger charge is 2.31. The van der Waals surface area contributed by atoms with Crippen molar-refractivity contribution in [2.24, 2.45) is 0 Å². The van der Waals surface area contributed by atoms with Crippen LogP contribution in [0.5, 0.6) is 0 Å². The van der Waals surface area contributed by atoms with Crippen LogP contribution in [-0.2, 0) is 17.9 Å². The molecule has 0 saturated carbocycles. The Bertz CT molecular complexity index is 1050. The van der Waals surface area contributed by atoms with Gasteiger partial charge in [0, 0.05) is 23.5 Å². The van der Waals surface area contributed by atoms with Crippen molar-refractivity contribution in [3.05, 3.63) is 82.9 Å². The Morgan fingerprint density at radius 3 is 2.76 bits per heavy atom. The van der Waals surface area contributed by atoms with Crippen LogP contribution < -0.4 is 10.2 Å². The van der Waals surface area contributed by atoms with Crippen molar-refractivity contribution in [2.45, 2.75) is 25.6 Å². The second-order valence-corrected chi connectivity index (χ2v) is 7.42. The molecule has 0 radical (unpaired) electrons. The van der Waals surface area contributed by atoms with Gasteiger partial charge in [-0.1, -0.05) is 29.8 Å². The smallest absolute Gasteiger partial charge is 0.242 e. The number of carbonyl (C=O) groups excluding carboxylic acids is 1. The number of imidazole rings is 1. The molecule has 1 atom stereocenters. The maximum Gasteiger partial charge on any atom is 0.242 e. The fourth-order valence-corrected chi connectivity index (χ4v) is 3.77. The van der Waals surface area contributed by atoms with E-state index >= 15 is 0 Å². The van der Waals surface area contributed by atoms with E-state index in [0.717, 1.165) is 23.4 Å². The topological polar surface area (TPSA) is 74.0 Å². The lowest BCUT2D eigenvalue weighted by atomic mass is 10.1. The van der Waals surface area contributed by atoms with E-state index in [4.69, 9.17) is 11.6 Å². The number of halogens is 1. The molecule has 1 aliphatic rings. The molecule has 1 aliphatic heterocycles. The van der Waals surface area contributed by atoms with Gasteiger partial charge in [-0.2, -0.15) is 5.26 Å². The van der Waals surface area contributed by atoms with Gasteiger partial charge in [0.25, 0.3) is 0 Å². The summed E-state index contributed by atoms with van der Waals surface area (Å²) in [6.07, 6.45) is 4.32. The molecule has 0 spiro atoms. The molecule has 29 heavy (non-hydrogen) atoms. The van der Waals surface area contributed by atoms with E-state index in [-0.39, 0.29) is 11.9 Å². The van der Waals surface area contributed by atoms with E-state index in [0.29, 0.717) is 30.2 Å². The molecule has 2 heterocycles. The maximum atomic E-state index is 12.4. The summed E-state index contributed by atoms with van der Waals surface area (Å²) in [6.45, 7) is 1.74. The second kappa shape index (κ2) is 8.38. The molecule has 0 bridgehead atoms. The number of rotatable bonds is 6. The SMILES string of the molecule is N#Cc1ccccc1Cn1cncc1CN(c1ccc(Cl)cc1)C1CCNC1=O. The third kappa shape index (κ3) is 4.10. The first-order valence-electron chi connectivity index (χ1n) is 9.42. The van der Waals surface area contributed by atoms with E-state index in [1.165, 1.54) is 0 Å². The Morgan fingerprint density at radius 2 is 2.03 bits per heavy atom. The summed E-state index contributed by atoms with van der Waals surface area (Å²) in [5.41, 5.74) is 3.48. The molecule has 1 saturated heterocycles. The fraction of sp³-hybridized carbons (Fsp3) is 0.227. The number of anilines is 1. The minimum absolute atomic E-state index is 0.0286. The van der Waals surface area contributed by atoms with Gasteiger partial charge in [0.1, 0.15) is 6.04 Å². The molecule has 7 heteroatoms. The molecular weight excluding hydrogens is 386 g/mol. The zero-order chi connectivity index (χ0) is 20.2.